The highest BCUT2D eigenvalue weighted by Crippen LogP contribution is 2.44. The van der Waals surface area contributed by atoms with Gasteiger partial charge in [0.25, 0.3) is 0 Å². The number of rotatable bonds is 10. The molecule has 0 bridgehead atoms. The Labute approximate surface area is 227 Å². The van der Waals surface area contributed by atoms with Crippen LogP contribution in [0.4, 0.5) is 0 Å². The largest absolute Gasteiger partial charge is 0.412 e. The lowest BCUT2D eigenvalue weighted by atomic mass is 9.65. The van der Waals surface area contributed by atoms with E-state index in [1.165, 1.54) is 77.5 Å². The van der Waals surface area contributed by atoms with E-state index >= 15 is 0 Å². The van der Waals surface area contributed by atoms with Gasteiger partial charge in [-0.15, -0.1) is 0 Å². The summed E-state index contributed by atoms with van der Waals surface area (Å²) in [6, 6.07) is 0.584. The van der Waals surface area contributed by atoms with Crippen LogP contribution in [0, 0.1) is 29.1 Å². The Balaban J connectivity index is -0.00000218. The smallest absolute Gasteiger partial charge is 0.0218 e. The van der Waals surface area contributed by atoms with E-state index in [2.05, 4.69) is 49.3 Å². The van der Waals surface area contributed by atoms with Gasteiger partial charge < -0.3 is 37.4 Å². The summed E-state index contributed by atoms with van der Waals surface area (Å²) >= 11 is 6.24. The topological polar surface area (TPSA) is 153 Å². The molecule has 7 nitrogen and oxygen atoms in total. The normalized spacial score (nSPS) is 25.1. The number of hydrogen-bond acceptors (Lipinski definition) is 3. The predicted molar refractivity (Wildman–Crippen MR) is 157 cm³/mol. The van der Waals surface area contributed by atoms with Gasteiger partial charge in [-0.2, -0.15) is 0 Å². The molecule has 3 aliphatic rings. The van der Waals surface area contributed by atoms with E-state index in [1.807, 2.05) is 0 Å². The maximum absolute atomic E-state index is 6.24. The predicted octanol–water partition coefficient (Wildman–Crippen LogP) is 3.38. The summed E-state index contributed by atoms with van der Waals surface area (Å²) in [6.07, 6.45) is 14.4. The fourth-order valence-electron chi connectivity index (χ4n) is 6.54. The highest BCUT2D eigenvalue weighted by Gasteiger charge is 2.40. The van der Waals surface area contributed by atoms with Crippen molar-refractivity contribution in [1.82, 2.24) is 15.5 Å². The molecule has 3 atom stereocenters. The van der Waals surface area contributed by atoms with Crippen molar-refractivity contribution in [2.45, 2.75) is 99.0 Å². The molecular weight excluding hydrogens is 478 g/mol. The van der Waals surface area contributed by atoms with E-state index in [0.717, 1.165) is 42.3 Å². The zero-order valence-electron chi connectivity index (χ0n) is 22.9. The third-order valence-electron chi connectivity index (χ3n) is 8.48. The third-order valence-corrected chi connectivity index (χ3v) is 8.83. The maximum atomic E-state index is 6.24. The molecule has 0 aromatic rings. The lowest BCUT2D eigenvalue weighted by Crippen LogP contribution is -2.53. The van der Waals surface area contributed by atoms with Crippen molar-refractivity contribution in [3.63, 3.8) is 0 Å². The van der Waals surface area contributed by atoms with Crippen LogP contribution >= 0.6 is 11.6 Å². The molecule has 2 fully saturated rings. The zero-order chi connectivity index (χ0) is 22.3. The van der Waals surface area contributed by atoms with E-state index in [-0.39, 0.29) is 29.3 Å². The Morgan fingerprint density at radius 1 is 1.00 bits per heavy atom. The quantitative estimate of drug-likeness (QED) is 0.409. The summed E-state index contributed by atoms with van der Waals surface area (Å²) in [5, 5.41) is 8.69. The molecule has 2 unspecified atom stereocenters. The number of likely N-dealkylation sites (tertiary alicyclic amines) is 1. The molecule has 220 valence electrons. The molecule has 10 N–H and O–H groups in total. The van der Waals surface area contributed by atoms with Gasteiger partial charge in [0.1, 0.15) is 0 Å². The number of nitrogens with zero attached hydrogens (tertiary/aromatic N) is 1. The molecule has 0 aromatic carbocycles. The van der Waals surface area contributed by atoms with Crippen molar-refractivity contribution in [3.05, 3.63) is 11.1 Å². The fourth-order valence-corrected chi connectivity index (χ4v) is 6.73. The highest BCUT2D eigenvalue weighted by molar-refractivity contribution is 6.29. The van der Waals surface area contributed by atoms with E-state index in [0.29, 0.717) is 17.4 Å². The first-order valence-corrected chi connectivity index (χ1v) is 13.7. The Hall–Kier alpha value is -0.250. The van der Waals surface area contributed by atoms with Crippen molar-refractivity contribution in [1.29, 1.82) is 0 Å². The minimum absolute atomic E-state index is 0. The van der Waals surface area contributed by atoms with Crippen molar-refractivity contribution < 1.29 is 21.9 Å². The average Bonchev–Trinajstić information content (AvgIpc) is 2.73. The molecule has 1 saturated carbocycles. The van der Waals surface area contributed by atoms with Gasteiger partial charge >= 0.3 is 0 Å². The first-order chi connectivity index (χ1) is 14.8. The first kappa shape index (κ1) is 40.2. The number of allylic oxidation sites excluding steroid dienone is 2. The van der Waals surface area contributed by atoms with Crippen LogP contribution in [0.15, 0.2) is 11.1 Å². The zero-order valence-corrected chi connectivity index (χ0v) is 23.7. The van der Waals surface area contributed by atoms with Gasteiger partial charge in [0, 0.05) is 37.3 Å². The summed E-state index contributed by atoms with van der Waals surface area (Å²) < 4.78 is 0. The van der Waals surface area contributed by atoms with Gasteiger partial charge in [-0.1, -0.05) is 72.1 Å². The number of nitrogens with one attached hydrogen (secondary N) is 2. The molecule has 1 saturated heterocycles. The molecule has 0 spiro atoms. The fraction of sp³-hybridized carbons (Fsp3) is 0.929. The number of hydrogen-bond donors (Lipinski definition) is 2. The molecule has 36 heavy (non-hydrogen) atoms. The molecule has 0 radical (unpaired) electrons. The van der Waals surface area contributed by atoms with Crippen LogP contribution in [0.25, 0.3) is 0 Å². The van der Waals surface area contributed by atoms with E-state index in [4.69, 9.17) is 11.6 Å². The summed E-state index contributed by atoms with van der Waals surface area (Å²) in [4.78, 5) is 2.75. The second kappa shape index (κ2) is 19.8. The monoisotopic (exact) mass is 539 g/mol. The molecule has 0 amide bonds. The summed E-state index contributed by atoms with van der Waals surface area (Å²) in [6.45, 7) is 16.9. The van der Waals surface area contributed by atoms with E-state index in [1.54, 1.807) is 0 Å². The molecule has 8 heteroatoms. The van der Waals surface area contributed by atoms with Crippen molar-refractivity contribution in [2.75, 3.05) is 39.3 Å². The van der Waals surface area contributed by atoms with Crippen LogP contribution in [-0.2, 0) is 0 Å². The van der Waals surface area contributed by atoms with Crippen molar-refractivity contribution in [3.8, 4) is 0 Å². The number of piperidine rings is 1. The Kier molecular flexibility index (Phi) is 22.1. The van der Waals surface area contributed by atoms with Crippen LogP contribution in [0.2, 0.25) is 0 Å². The Morgan fingerprint density at radius 2 is 1.67 bits per heavy atom. The van der Waals surface area contributed by atoms with Crippen LogP contribution < -0.4 is 10.6 Å². The van der Waals surface area contributed by atoms with Gasteiger partial charge in [0.2, 0.25) is 0 Å². The molecule has 1 heterocycles. The Bertz CT molecular complexity index is 571. The van der Waals surface area contributed by atoms with Gasteiger partial charge in [-0.3, -0.25) is 0 Å². The molecule has 2 aliphatic carbocycles. The van der Waals surface area contributed by atoms with Crippen molar-refractivity contribution in [2.24, 2.45) is 29.1 Å². The average molecular weight is 540 g/mol. The van der Waals surface area contributed by atoms with Gasteiger partial charge in [0.15, 0.2) is 0 Å². The van der Waals surface area contributed by atoms with E-state index in [9.17, 15) is 0 Å². The van der Waals surface area contributed by atoms with Crippen LogP contribution in [0.5, 0.6) is 0 Å². The minimum atomic E-state index is 0. The summed E-state index contributed by atoms with van der Waals surface area (Å²) in [5.74, 6) is 3.26. The molecular formula is C28H62ClN3O4. The lowest BCUT2D eigenvalue weighted by molar-refractivity contribution is 0.0119. The minimum Gasteiger partial charge on any atom is -0.412 e. The van der Waals surface area contributed by atoms with Gasteiger partial charge in [0.05, 0.1) is 0 Å². The lowest BCUT2D eigenvalue weighted by Gasteiger charge is -2.49. The second-order valence-corrected chi connectivity index (χ2v) is 12.3. The van der Waals surface area contributed by atoms with Crippen molar-refractivity contribution >= 4 is 11.6 Å². The Morgan fingerprint density at radius 3 is 2.22 bits per heavy atom. The molecule has 3 rings (SSSR count). The van der Waals surface area contributed by atoms with Gasteiger partial charge in [-0.25, -0.2) is 0 Å². The first-order valence-electron chi connectivity index (χ1n) is 13.4. The maximum Gasteiger partial charge on any atom is 0.0218 e. The molecule has 0 aromatic heterocycles. The SMILES string of the molecule is C.CC(C)[C@H](CN1CCC(C2CC=C(Cl)CC2)C(C)(C)C1)NCCNCC1CCCCC1.O.O.O.O. The van der Waals surface area contributed by atoms with E-state index < -0.39 is 0 Å². The van der Waals surface area contributed by atoms with Crippen LogP contribution in [0.3, 0.4) is 0 Å². The highest BCUT2D eigenvalue weighted by atomic mass is 35.5. The van der Waals surface area contributed by atoms with Crippen LogP contribution in [-0.4, -0.2) is 72.1 Å². The second-order valence-electron chi connectivity index (χ2n) is 11.8. The summed E-state index contributed by atoms with van der Waals surface area (Å²) in [7, 11) is 0. The van der Waals surface area contributed by atoms with Gasteiger partial charge in [-0.05, 0) is 80.7 Å². The number of halogens is 1. The van der Waals surface area contributed by atoms with Crippen LogP contribution in [0.1, 0.15) is 92.9 Å². The molecule has 1 aliphatic heterocycles. The summed E-state index contributed by atoms with van der Waals surface area (Å²) in [5.41, 5.74) is 0.393. The third kappa shape index (κ3) is 12.5. The standard InChI is InChI=1S/C27H50ClN3.CH4.4H2O/c1-21(2)26(30-16-15-29-18-22-8-6-5-7-9-22)19-31-17-14-25(27(3,4)20-31)23-10-12-24(28)13-11-23;;;;;/h12,21-23,25-26,29-30H,5-11,13-20H2,1-4H3;1H4;4*1H2/t23?,25?,26-;;;;;/m0...../s1.